The van der Waals surface area contributed by atoms with Crippen molar-refractivity contribution in [1.29, 1.82) is 0 Å². The Balaban J connectivity index is 2.22. The van der Waals surface area contributed by atoms with Crippen LogP contribution >= 0.6 is 0 Å². The standard InChI is InChI=1S/C14H19N3O2/c1-8(14-9(2)17-19-10(14)3)16-13-6-5-11(18-4)7-12(13)15/h5-8,16H,15H2,1-4H3. The van der Waals surface area contributed by atoms with Crippen molar-refractivity contribution in [3.63, 3.8) is 0 Å². The topological polar surface area (TPSA) is 73.3 Å². The molecule has 0 amide bonds. The first-order chi connectivity index (χ1) is 9.02. The molecule has 1 unspecified atom stereocenters. The van der Waals surface area contributed by atoms with Crippen molar-refractivity contribution in [2.45, 2.75) is 26.8 Å². The van der Waals surface area contributed by atoms with Crippen LogP contribution in [-0.2, 0) is 0 Å². The van der Waals surface area contributed by atoms with Gasteiger partial charge in [-0.2, -0.15) is 0 Å². The molecule has 1 heterocycles. The van der Waals surface area contributed by atoms with E-state index in [9.17, 15) is 0 Å². The fourth-order valence-corrected chi connectivity index (χ4v) is 2.21. The molecule has 0 radical (unpaired) electrons. The van der Waals surface area contributed by atoms with E-state index >= 15 is 0 Å². The van der Waals surface area contributed by atoms with Crippen molar-refractivity contribution in [3.05, 3.63) is 35.2 Å². The first kappa shape index (κ1) is 13.3. The molecule has 0 fully saturated rings. The summed E-state index contributed by atoms with van der Waals surface area (Å²) in [4.78, 5) is 0. The van der Waals surface area contributed by atoms with Crippen LogP contribution in [-0.4, -0.2) is 12.3 Å². The summed E-state index contributed by atoms with van der Waals surface area (Å²) in [6, 6.07) is 5.64. The highest BCUT2D eigenvalue weighted by molar-refractivity contribution is 5.68. The predicted molar refractivity (Wildman–Crippen MR) is 75.4 cm³/mol. The second kappa shape index (κ2) is 5.22. The fraction of sp³-hybridized carbons (Fsp3) is 0.357. The van der Waals surface area contributed by atoms with E-state index in [1.54, 1.807) is 13.2 Å². The molecule has 0 aliphatic heterocycles. The second-order valence-corrected chi connectivity index (χ2v) is 4.56. The lowest BCUT2D eigenvalue weighted by Gasteiger charge is -2.17. The van der Waals surface area contributed by atoms with E-state index in [-0.39, 0.29) is 6.04 Å². The molecule has 5 nitrogen and oxygen atoms in total. The Labute approximate surface area is 112 Å². The summed E-state index contributed by atoms with van der Waals surface area (Å²) in [6.45, 7) is 5.89. The lowest BCUT2D eigenvalue weighted by molar-refractivity contribution is 0.392. The molecule has 0 saturated heterocycles. The van der Waals surface area contributed by atoms with E-state index in [1.165, 1.54) is 0 Å². The Hall–Kier alpha value is -2.17. The maximum absolute atomic E-state index is 5.99. The number of rotatable bonds is 4. The van der Waals surface area contributed by atoms with Gasteiger partial charge in [0, 0.05) is 11.6 Å². The normalized spacial score (nSPS) is 12.2. The number of aryl methyl sites for hydroxylation is 2. The zero-order valence-corrected chi connectivity index (χ0v) is 11.7. The third-order valence-electron chi connectivity index (χ3n) is 3.15. The lowest BCUT2D eigenvalue weighted by Crippen LogP contribution is -2.10. The molecule has 2 aromatic rings. The third-order valence-corrected chi connectivity index (χ3v) is 3.15. The first-order valence-electron chi connectivity index (χ1n) is 6.15. The largest absolute Gasteiger partial charge is 0.497 e. The van der Waals surface area contributed by atoms with Crippen LogP contribution in [0.3, 0.4) is 0 Å². The average molecular weight is 261 g/mol. The monoisotopic (exact) mass is 261 g/mol. The van der Waals surface area contributed by atoms with Gasteiger partial charge in [0.15, 0.2) is 0 Å². The maximum Gasteiger partial charge on any atom is 0.139 e. The highest BCUT2D eigenvalue weighted by Crippen LogP contribution is 2.29. The van der Waals surface area contributed by atoms with Crippen molar-refractivity contribution in [1.82, 2.24) is 5.16 Å². The van der Waals surface area contributed by atoms with Gasteiger partial charge < -0.3 is 20.3 Å². The number of benzene rings is 1. The van der Waals surface area contributed by atoms with Crippen molar-refractivity contribution >= 4 is 11.4 Å². The van der Waals surface area contributed by atoms with Gasteiger partial charge in [-0.05, 0) is 32.9 Å². The van der Waals surface area contributed by atoms with Crippen molar-refractivity contribution < 1.29 is 9.26 Å². The Bertz CT molecular complexity index is 559. The summed E-state index contributed by atoms with van der Waals surface area (Å²) in [5, 5.41) is 7.33. The minimum atomic E-state index is 0.0712. The van der Waals surface area contributed by atoms with Crippen LogP contribution in [0.1, 0.15) is 30.0 Å². The summed E-state index contributed by atoms with van der Waals surface area (Å²) in [6.07, 6.45) is 0. The number of hydrogen-bond acceptors (Lipinski definition) is 5. The molecule has 0 aliphatic carbocycles. The third kappa shape index (κ3) is 2.65. The number of ether oxygens (including phenoxy) is 1. The van der Waals surface area contributed by atoms with E-state index in [0.29, 0.717) is 5.69 Å². The molecule has 19 heavy (non-hydrogen) atoms. The maximum atomic E-state index is 5.99. The SMILES string of the molecule is COc1ccc(NC(C)c2c(C)noc2C)c(N)c1. The molecule has 0 bridgehead atoms. The summed E-state index contributed by atoms with van der Waals surface area (Å²) >= 11 is 0. The first-order valence-corrected chi connectivity index (χ1v) is 6.15. The molecular weight excluding hydrogens is 242 g/mol. The van der Waals surface area contributed by atoms with Crippen LogP contribution < -0.4 is 15.8 Å². The van der Waals surface area contributed by atoms with E-state index in [1.807, 2.05) is 26.0 Å². The number of nitrogen functional groups attached to an aromatic ring is 1. The summed E-state index contributed by atoms with van der Waals surface area (Å²) in [5.41, 5.74) is 9.47. The predicted octanol–water partition coefficient (Wildman–Crippen LogP) is 3.06. The molecule has 1 aromatic carbocycles. The van der Waals surface area contributed by atoms with Crippen LogP contribution in [0.4, 0.5) is 11.4 Å². The molecule has 102 valence electrons. The van der Waals surface area contributed by atoms with Crippen LogP contribution in [0.25, 0.3) is 0 Å². The molecule has 1 aromatic heterocycles. The number of anilines is 2. The number of nitrogens with zero attached hydrogens (tertiary/aromatic N) is 1. The summed E-state index contributed by atoms with van der Waals surface area (Å²) < 4.78 is 10.3. The van der Waals surface area contributed by atoms with Gasteiger partial charge >= 0.3 is 0 Å². The van der Waals surface area contributed by atoms with Crippen LogP contribution in [0, 0.1) is 13.8 Å². The highest BCUT2D eigenvalue weighted by Gasteiger charge is 2.17. The van der Waals surface area contributed by atoms with Gasteiger partial charge in [-0.25, -0.2) is 0 Å². The molecule has 2 rings (SSSR count). The molecule has 0 saturated carbocycles. The van der Waals surface area contributed by atoms with Gasteiger partial charge in [-0.1, -0.05) is 5.16 Å². The molecule has 0 spiro atoms. The van der Waals surface area contributed by atoms with Gasteiger partial charge in [0.25, 0.3) is 0 Å². The van der Waals surface area contributed by atoms with Gasteiger partial charge in [0.2, 0.25) is 0 Å². The molecule has 3 N–H and O–H groups in total. The Kier molecular flexibility index (Phi) is 3.64. The number of aromatic nitrogens is 1. The smallest absolute Gasteiger partial charge is 0.139 e. The van der Waals surface area contributed by atoms with Gasteiger partial charge in [-0.3, -0.25) is 0 Å². The number of nitrogens with two attached hydrogens (primary N) is 1. The van der Waals surface area contributed by atoms with Gasteiger partial charge in [-0.15, -0.1) is 0 Å². The van der Waals surface area contributed by atoms with E-state index < -0.39 is 0 Å². The van der Waals surface area contributed by atoms with Crippen molar-refractivity contribution in [2.24, 2.45) is 0 Å². The van der Waals surface area contributed by atoms with Crippen LogP contribution in [0.2, 0.25) is 0 Å². The van der Waals surface area contributed by atoms with E-state index in [0.717, 1.165) is 28.5 Å². The zero-order valence-electron chi connectivity index (χ0n) is 11.7. The Morgan fingerprint density at radius 2 is 2.11 bits per heavy atom. The Morgan fingerprint density at radius 1 is 1.37 bits per heavy atom. The highest BCUT2D eigenvalue weighted by atomic mass is 16.5. The molecule has 0 aliphatic rings. The zero-order chi connectivity index (χ0) is 14.0. The summed E-state index contributed by atoms with van der Waals surface area (Å²) in [7, 11) is 1.62. The molecule has 1 atom stereocenters. The average Bonchev–Trinajstić information content (AvgIpc) is 2.71. The Morgan fingerprint density at radius 3 is 2.63 bits per heavy atom. The van der Waals surface area contributed by atoms with Gasteiger partial charge in [0.05, 0.1) is 30.2 Å². The van der Waals surface area contributed by atoms with Crippen LogP contribution in [0.5, 0.6) is 5.75 Å². The number of methoxy groups -OCH3 is 1. The van der Waals surface area contributed by atoms with Crippen LogP contribution in [0.15, 0.2) is 22.7 Å². The summed E-state index contributed by atoms with van der Waals surface area (Å²) in [5.74, 6) is 1.57. The fourth-order valence-electron chi connectivity index (χ4n) is 2.21. The lowest BCUT2D eigenvalue weighted by atomic mass is 10.1. The molecule has 5 heteroatoms. The minimum absolute atomic E-state index is 0.0712. The van der Waals surface area contributed by atoms with Crippen molar-refractivity contribution in [3.8, 4) is 5.75 Å². The van der Waals surface area contributed by atoms with E-state index in [4.69, 9.17) is 15.0 Å². The number of nitrogens with one attached hydrogen (secondary N) is 1. The van der Waals surface area contributed by atoms with Crippen molar-refractivity contribution in [2.75, 3.05) is 18.2 Å². The van der Waals surface area contributed by atoms with Gasteiger partial charge in [0.1, 0.15) is 11.5 Å². The minimum Gasteiger partial charge on any atom is -0.497 e. The number of hydrogen-bond donors (Lipinski definition) is 2. The van der Waals surface area contributed by atoms with E-state index in [2.05, 4.69) is 17.4 Å². The quantitative estimate of drug-likeness (QED) is 0.827. The molecular formula is C14H19N3O2. The second-order valence-electron chi connectivity index (χ2n) is 4.56.